The molecule has 9 heteroatoms. The Kier molecular flexibility index (Phi) is 7.73. The number of carbonyl (C=O) groups is 2. The van der Waals surface area contributed by atoms with Gasteiger partial charge >= 0.3 is 0 Å². The minimum atomic E-state index is -0.635. The van der Waals surface area contributed by atoms with Crippen LogP contribution >= 0.6 is 0 Å². The smallest absolute Gasteiger partial charge is 0.254 e. The molecule has 3 aromatic rings. The van der Waals surface area contributed by atoms with Gasteiger partial charge in [0, 0.05) is 38.8 Å². The number of carbonyl (C=O) groups excluding carboxylic acids is 2. The van der Waals surface area contributed by atoms with Crippen molar-refractivity contribution in [2.45, 2.75) is 12.0 Å². The van der Waals surface area contributed by atoms with Crippen LogP contribution in [-0.2, 0) is 4.79 Å². The van der Waals surface area contributed by atoms with E-state index in [0.29, 0.717) is 54.6 Å². The molecule has 0 aromatic heterocycles. The van der Waals surface area contributed by atoms with E-state index in [9.17, 15) is 9.59 Å². The van der Waals surface area contributed by atoms with Gasteiger partial charge in [-0.1, -0.05) is 24.3 Å². The van der Waals surface area contributed by atoms with Crippen LogP contribution in [0.15, 0.2) is 60.7 Å². The normalized spacial score (nSPS) is 18.7. The highest BCUT2D eigenvalue weighted by atomic mass is 16.5. The molecule has 1 saturated heterocycles. The van der Waals surface area contributed by atoms with Gasteiger partial charge in [-0.15, -0.1) is 0 Å². The third kappa shape index (κ3) is 4.76. The maximum atomic E-state index is 14.4. The van der Waals surface area contributed by atoms with Crippen molar-refractivity contribution in [1.82, 2.24) is 9.80 Å². The van der Waals surface area contributed by atoms with E-state index in [2.05, 4.69) is 4.90 Å². The molecule has 0 unspecified atom stereocenters. The summed E-state index contributed by atoms with van der Waals surface area (Å²) in [5.74, 6) is 1.59. The summed E-state index contributed by atoms with van der Waals surface area (Å²) in [5, 5.41) is 0. The molecule has 0 spiro atoms. The fraction of sp³-hybridized carbons (Fsp3) is 0.355. The fourth-order valence-corrected chi connectivity index (χ4v) is 5.79. The van der Waals surface area contributed by atoms with Gasteiger partial charge in [0.05, 0.1) is 46.1 Å². The maximum Gasteiger partial charge on any atom is 0.254 e. The number of hydrogen-bond acceptors (Lipinski definition) is 7. The number of para-hydroxylation sites is 2. The average Bonchev–Trinajstić information content (AvgIpc) is 3.01. The van der Waals surface area contributed by atoms with Crippen molar-refractivity contribution in [3.63, 3.8) is 0 Å². The largest absolute Gasteiger partial charge is 0.497 e. The molecule has 0 saturated carbocycles. The zero-order valence-corrected chi connectivity index (χ0v) is 23.5. The van der Waals surface area contributed by atoms with Gasteiger partial charge in [-0.25, -0.2) is 0 Å². The number of likely N-dealkylation sites (N-methyl/N-ethyl adjacent to an activating group) is 1. The van der Waals surface area contributed by atoms with Crippen molar-refractivity contribution in [1.29, 1.82) is 0 Å². The van der Waals surface area contributed by atoms with Gasteiger partial charge < -0.3 is 33.6 Å². The number of fused-ring (bicyclic) bond motifs is 1. The SMILES string of the molecule is COc1ccc([C@H]2[C@H](C(=O)N3CCN(c4ccccc4OC)CC3)c3cc(OC)c(OC)cc3C(=O)N2C)cc1. The van der Waals surface area contributed by atoms with Crippen LogP contribution in [0.1, 0.15) is 33.4 Å². The molecule has 2 amide bonds. The van der Waals surface area contributed by atoms with Crippen LogP contribution in [0.25, 0.3) is 0 Å². The molecule has 2 heterocycles. The zero-order valence-electron chi connectivity index (χ0n) is 23.5. The summed E-state index contributed by atoms with van der Waals surface area (Å²) in [4.78, 5) is 33.9. The van der Waals surface area contributed by atoms with Crippen LogP contribution in [0.2, 0.25) is 0 Å². The third-order valence-electron chi connectivity index (χ3n) is 7.92. The van der Waals surface area contributed by atoms with Gasteiger partial charge in [0.15, 0.2) is 11.5 Å². The summed E-state index contributed by atoms with van der Waals surface area (Å²) in [6, 6.07) is 18.4. The summed E-state index contributed by atoms with van der Waals surface area (Å²) < 4.78 is 22.0. The molecule has 3 aromatic carbocycles. The third-order valence-corrected chi connectivity index (χ3v) is 7.92. The Balaban J connectivity index is 1.52. The molecule has 2 aliphatic heterocycles. The molecule has 0 bridgehead atoms. The number of piperazine rings is 1. The van der Waals surface area contributed by atoms with Crippen LogP contribution in [-0.4, -0.2) is 83.3 Å². The number of rotatable bonds is 7. The number of methoxy groups -OCH3 is 4. The quantitative estimate of drug-likeness (QED) is 0.444. The first-order chi connectivity index (χ1) is 19.4. The monoisotopic (exact) mass is 545 g/mol. The molecular weight excluding hydrogens is 510 g/mol. The lowest BCUT2D eigenvalue weighted by Gasteiger charge is -2.43. The lowest BCUT2D eigenvalue weighted by atomic mass is 9.78. The van der Waals surface area contributed by atoms with Gasteiger partial charge in [-0.3, -0.25) is 9.59 Å². The Bertz CT molecular complexity index is 1380. The number of ether oxygens (including phenoxy) is 4. The second kappa shape index (κ2) is 11.4. The second-order valence-electron chi connectivity index (χ2n) is 9.89. The highest BCUT2D eigenvalue weighted by Crippen LogP contribution is 2.46. The molecule has 5 rings (SSSR count). The molecule has 0 aliphatic carbocycles. The van der Waals surface area contributed by atoms with Crippen LogP contribution in [0.5, 0.6) is 23.0 Å². The number of anilines is 1. The van der Waals surface area contributed by atoms with Crippen molar-refractivity contribution < 1.29 is 28.5 Å². The van der Waals surface area contributed by atoms with E-state index in [4.69, 9.17) is 18.9 Å². The van der Waals surface area contributed by atoms with Gasteiger partial charge in [0.1, 0.15) is 11.5 Å². The number of amides is 2. The van der Waals surface area contributed by atoms with E-state index in [1.54, 1.807) is 45.4 Å². The second-order valence-corrected chi connectivity index (χ2v) is 9.89. The molecule has 0 radical (unpaired) electrons. The van der Waals surface area contributed by atoms with Crippen LogP contribution < -0.4 is 23.8 Å². The molecular formula is C31H35N3O6. The molecule has 2 aliphatic rings. The van der Waals surface area contributed by atoms with Gasteiger partial charge in [0.25, 0.3) is 5.91 Å². The van der Waals surface area contributed by atoms with Gasteiger partial charge in [0.2, 0.25) is 5.91 Å². The zero-order chi connectivity index (χ0) is 28.4. The van der Waals surface area contributed by atoms with Crippen LogP contribution in [0, 0.1) is 0 Å². The predicted molar refractivity (Wildman–Crippen MR) is 152 cm³/mol. The first-order valence-corrected chi connectivity index (χ1v) is 13.3. The standard InChI is InChI=1S/C31H35N3O6/c1-32-29(20-10-12-21(37-2)13-11-20)28(22-18-26(39-4)27(40-5)19-23(22)30(32)35)31(36)34-16-14-33(15-17-34)24-8-6-7-9-25(24)38-3/h6-13,18-19,28-29H,14-17H2,1-5H3/t28-,29+/m1/s1. The Labute approximate surface area is 234 Å². The van der Waals surface area contributed by atoms with Crippen LogP contribution in [0.4, 0.5) is 5.69 Å². The van der Waals surface area contributed by atoms with E-state index in [1.807, 2.05) is 53.4 Å². The Hall–Kier alpha value is -4.40. The maximum absolute atomic E-state index is 14.4. The van der Waals surface area contributed by atoms with E-state index in [1.165, 1.54) is 7.11 Å². The molecule has 0 N–H and O–H groups in total. The van der Waals surface area contributed by atoms with Crippen molar-refractivity contribution in [2.75, 3.05) is 66.6 Å². The Morgan fingerprint density at radius 2 is 1.40 bits per heavy atom. The molecule has 1 fully saturated rings. The number of nitrogens with zero attached hydrogens (tertiary/aromatic N) is 3. The minimum Gasteiger partial charge on any atom is -0.497 e. The molecule has 40 heavy (non-hydrogen) atoms. The van der Waals surface area contributed by atoms with Crippen molar-refractivity contribution in [2.24, 2.45) is 0 Å². The van der Waals surface area contributed by atoms with Crippen LogP contribution in [0.3, 0.4) is 0 Å². The van der Waals surface area contributed by atoms with Crippen molar-refractivity contribution in [3.05, 3.63) is 77.4 Å². The highest BCUT2D eigenvalue weighted by molar-refractivity contribution is 6.02. The lowest BCUT2D eigenvalue weighted by Crippen LogP contribution is -2.53. The van der Waals surface area contributed by atoms with Crippen molar-refractivity contribution >= 4 is 17.5 Å². The molecule has 2 atom stereocenters. The summed E-state index contributed by atoms with van der Waals surface area (Å²) >= 11 is 0. The summed E-state index contributed by atoms with van der Waals surface area (Å²) in [6.45, 7) is 2.42. The van der Waals surface area contributed by atoms with Crippen molar-refractivity contribution in [3.8, 4) is 23.0 Å². The Morgan fingerprint density at radius 3 is 2.02 bits per heavy atom. The molecule has 9 nitrogen and oxygen atoms in total. The van der Waals surface area contributed by atoms with E-state index >= 15 is 0 Å². The first kappa shape index (κ1) is 27.2. The first-order valence-electron chi connectivity index (χ1n) is 13.3. The number of benzene rings is 3. The Morgan fingerprint density at radius 1 is 0.775 bits per heavy atom. The van der Waals surface area contributed by atoms with E-state index < -0.39 is 12.0 Å². The van der Waals surface area contributed by atoms with Gasteiger partial charge in [-0.05, 0) is 47.5 Å². The summed E-state index contributed by atoms with van der Waals surface area (Å²) in [5.41, 5.74) is 2.94. The number of hydrogen-bond donors (Lipinski definition) is 0. The van der Waals surface area contributed by atoms with E-state index in [0.717, 1.165) is 17.0 Å². The van der Waals surface area contributed by atoms with E-state index in [-0.39, 0.29) is 11.8 Å². The summed E-state index contributed by atoms with van der Waals surface area (Å²) in [7, 11) is 8.11. The predicted octanol–water partition coefficient (Wildman–Crippen LogP) is 3.98. The summed E-state index contributed by atoms with van der Waals surface area (Å²) in [6.07, 6.45) is 0. The topological polar surface area (TPSA) is 80.8 Å². The lowest BCUT2D eigenvalue weighted by molar-refractivity contribution is -0.134. The molecule has 210 valence electrons. The minimum absolute atomic E-state index is 0.0340. The van der Waals surface area contributed by atoms with Gasteiger partial charge in [-0.2, -0.15) is 0 Å². The average molecular weight is 546 g/mol. The highest BCUT2D eigenvalue weighted by Gasteiger charge is 2.45. The fourth-order valence-electron chi connectivity index (χ4n) is 5.79.